The lowest BCUT2D eigenvalue weighted by Gasteiger charge is -2.45. The third-order valence-electron chi connectivity index (χ3n) is 11.3. The molecule has 1 saturated carbocycles. The Morgan fingerprint density at radius 1 is 0.609 bits per heavy atom. The van der Waals surface area contributed by atoms with Crippen LogP contribution >= 0.6 is 0 Å². The van der Waals surface area contributed by atoms with Crippen LogP contribution in [0.1, 0.15) is 148 Å². The van der Waals surface area contributed by atoms with Crippen LogP contribution in [0.15, 0.2) is 84.9 Å². The van der Waals surface area contributed by atoms with Crippen LogP contribution in [-0.2, 0) is 5.41 Å². The zero-order valence-electron chi connectivity index (χ0n) is 29.2. The van der Waals surface area contributed by atoms with Crippen molar-refractivity contribution in [3.05, 3.63) is 129 Å². The van der Waals surface area contributed by atoms with Gasteiger partial charge in [0.2, 0.25) is 0 Å². The topological polar surface area (TPSA) is 52.0 Å². The van der Waals surface area contributed by atoms with Crippen LogP contribution in [0.4, 0.5) is 11.4 Å². The van der Waals surface area contributed by atoms with Gasteiger partial charge in [-0.05, 0) is 121 Å². The van der Waals surface area contributed by atoms with Crippen molar-refractivity contribution in [2.75, 3.05) is 11.5 Å². The molecular formula is C44H58N2. The summed E-state index contributed by atoms with van der Waals surface area (Å²) in [6.45, 7) is 11.3. The molecule has 1 aliphatic carbocycles. The summed E-state index contributed by atoms with van der Waals surface area (Å²) in [4.78, 5) is 0. The van der Waals surface area contributed by atoms with Crippen LogP contribution in [0.5, 0.6) is 0 Å². The van der Waals surface area contributed by atoms with Crippen LogP contribution < -0.4 is 11.5 Å². The third kappa shape index (κ3) is 7.07. The summed E-state index contributed by atoms with van der Waals surface area (Å²) < 4.78 is 0. The van der Waals surface area contributed by atoms with Gasteiger partial charge in [0.1, 0.15) is 0 Å². The Morgan fingerprint density at radius 2 is 1.07 bits per heavy atom. The third-order valence-corrected chi connectivity index (χ3v) is 11.3. The van der Waals surface area contributed by atoms with Crippen LogP contribution in [0, 0.1) is 19.8 Å². The highest BCUT2D eigenvalue weighted by Crippen LogP contribution is 2.50. The molecule has 4 aromatic carbocycles. The Hall–Kier alpha value is -3.52. The van der Waals surface area contributed by atoms with Gasteiger partial charge in [-0.1, -0.05) is 120 Å². The molecule has 0 aromatic heterocycles. The van der Waals surface area contributed by atoms with E-state index in [1.165, 1.54) is 102 Å². The van der Waals surface area contributed by atoms with E-state index in [0.29, 0.717) is 17.8 Å². The number of hydrogen-bond acceptors (Lipinski definition) is 2. The SMILES string of the molecule is CCCCCC(c1ccc(C(CC)c2ccc(N)cc2C)cc1)(c1ccc(C(CC)c2ccc(N)cc2C)cc1)C1CCCCC1. The molecule has 244 valence electrons. The fourth-order valence-electron chi connectivity index (χ4n) is 8.86. The molecule has 0 spiro atoms. The minimum atomic E-state index is 0.0320. The second-order valence-corrected chi connectivity index (χ2v) is 14.2. The molecule has 4 N–H and O–H groups in total. The van der Waals surface area contributed by atoms with E-state index in [0.717, 1.165) is 24.2 Å². The van der Waals surface area contributed by atoms with Gasteiger partial charge < -0.3 is 11.5 Å². The van der Waals surface area contributed by atoms with Crippen LogP contribution in [0.25, 0.3) is 0 Å². The van der Waals surface area contributed by atoms with E-state index in [1.807, 2.05) is 0 Å². The first-order valence-corrected chi connectivity index (χ1v) is 18.2. The molecule has 2 nitrogen and oxygen atoms in total. The Kier molecular flexibility index (Phi) is 11.3. The average Bonchev–Trinajstić information content (AvgIpc) is 3.07. The van der Waals surface area contributed by atoms with Gasteiger partial charge in [-0.3, -0.25) is 0 Å². The first kappa shape index (κ1) is 33.8. The van der Waals surface area contributed by atoms with Crippen molar-refractivity contribution in [2.24, 2.45) is 5.92 Å². The smallest absolute Gasteiger partial charge is 0.0316 e. The molecule has 5 rings (SSSR count). The summed E-state index contributed by atoms with van der Waals surface area (Å²) in [7, 11) is 0. The summed E-state index contributed by atoms with van der Waals surface area (Å²) in [5, 5.41) is 0. The summed E-state index contributed by atoms with van der Waals surface area (Å²) in [5.74, 6) is 1.42. The molecule has 2 unspecified atom stereocenters. The van der Waals surface area contributed by atoms with E-state index in [9.17, 15) is 0 Å². The maximum atomic E-state index is 6.12. The summed E-state index contributed by atoms with van der Waals surface area (Å²) in [5.41, 5.74) is 25.2. The molecular weight excluding hydrogens is 556 g/mol. The molecule has 1 fully saturated rings. The second kappa shape index (κ2) is 15.4. The number of rotatable bonds is 13. The highest BCUT2D eigenvalue weighted by Gasteiger charge is 2.42. The fourth-order valence-corrected chi connectivity index (χ4v) is 8.86. The molecule has 2 heteroatoms. The van der Waals surface area contributed by atoms with Crippen LogP contribution in [0.3, 0.4) is 0 Å². The number of unbranched alkanes of at least 4 members (excludes halogenated alkanes) is 2. The Morgan fingerprint density at radius 3 is 1.46 bits per heavy atom. The number of nitrogen functional groups attached to an aromatic ring is 2. The highest BCUT2D eigenvalue weighted by atomic mass is 14.5. The highest BCUT2D eigenvalue weighted by molar-refractivity contribution is 5.51. The van der Waals surface area contributed by atoms with E-state index < -0.39 is 0 Å². The number of hydrogen-bond donors (Lipinski definition) is 2. The van der Waals surface area contributed by atoms with Crippen molar-refractivity contribution < 1.29 is 0 Å². The van der Waals surface area contributed by atoms with Crippen molar-refractivity contribution in [1.29, 1.82) is 0 Å². The van der Waals surface area contributed by atoms with Gasteiger partial charge in [-0.2, -0.15) is 0 Å². The summed E-state index contributed by atoms with van der Waals surface area (Å²) in [6, 6.07) is 32.6. The zero-order chi connectivity index (χ0) is 32.7. The summed E-state index contributed by atoms with van der Waals surface area (Å²) in [6.07, 6.45) is 13.9. The molecule has 0 amide bonds. The van der Waals surface area contributed by atoms with Gasteiger partial charge in [0.15, 0.2) is 0 Å². The molecule has 0 heterocycles. The van der Waals surface area contributed by atoms with E-state index in [4.69, 9.17) is 11.5 Å². The minimum Gasteiger partial charge on any atom is -0.399 e. The summed E-state index contributed by atoms with van der Waals surface area (Å²) >= 11 is 0. The van der Waals surface area contributed by atoms with Crippen LogP contribution in [-0.4, -0.2) is 0 Å². The largest absolute Gasteiger partial charge is 0.399 e. The number of aryl methyl sites for hydroxylation is 2. The maximum absolute atomic E-state index is 6.12. The number of benzene rings is 4. The van der Waals surface area contributed by atoms with E-state index >= 15 is 0 Å². The van der Waals surface area contributed by atoms with Crippen LogP contribution in [0.2, 0.25) is 0 Å². The van der Waals surface area contributed by atoms with Crippen molar-refractivity contribution >= 4 is 11.4 Å². The van der Waals surface area contributed by atoms with Gasteiger partial charge in [0.25, 0.3) is 0 Å². The van der Waals surface area contributed by atoms with Gasteiger partial charge in [0.05, 0.1) is 0 Å². The number of nitrogens with two attached hydrogens (primary N) is 2. The zero-order valence-corrected chi connectivity index (χ0v) is 29.2. The standard InChI is InChI=1S/C44H58N2/c1-6-9-13-28-44(35-14-11-10-12-15-35,36-20-16-33(17-21-36)40(7-2)42-26-24-38(45)29-31(42)4)37-22-18-34(19-23-37)41(8-3)43-27-25-39(46)30-32(43)5/h16-27,29-30,35,40-41H,6-15,28,45-46H2,1-5H3. The molecule has 0 saturated heterocycles. The van der Waals surface area contributed by atoms with Crippen molar-refractivity contribution in [3.8, 4) is 0 Å². The van der Waals surface area contributed by atoms with Crippen molar-refractivity contribution in [2.45, 2.75) is 122 Å². The predicted octanol–water partition coefficient (Wildman–Crippen LogP) is 12.0. The molecule has 0 bridgehead atoms. The van der Waals surface area contributed by atoms with Gasteiger partial charge in [-0.25, -0.2) is 0 Å². The maximum Gasteiger partial charge on any atom is 0.0316 e. The first-order chi connectivity index (χ1) is 22.3. The van der Waals surface area contributed by atoms with E-state index in [-0.39, 0.29) is 5.41 Å². The van der Waals surface area contributed by atoms with E-state index in [2.05, 4.69) is 120 Å². The first-order valence-electron chi connectivity index (χ1n) is 18.2. The number of anilines is 2. The molecule has 1 aliphatic rings. The molecule has 4 aromatic rings. The van der Waals surface area contributed by atoms with Gasteiger partial charge >= 0.3 is 0 Å². The Balaban J connectivity index is 1.58. The Bertz CT molecular complexity index is 1440. The van der Waals surface area contributed by atoms with Crippen molar-refractivity contribution in [1.82, 2.24) is 0 Å². The monoisotopic (exact) mass is 614 g/mol. The normalized spacial score (nSPS) is 16.5. The van der Waals surface area contributed by atoms with Crippen molar-refractivity contribution in [3.63, 3.8) is 0 Å². The minimum absolute atomic E-state index is 0.0320. The average molecular weight is 615 g/mol. The van der Waals surface area contributed by atoms with E-state index in [1.54, 1.807) is 0 Å². The van der Waals surface area contributed by atoms with Gasteiger partial charge in [0, 0.05) is 28.6 Å². The molecule has 0 aliphatic heterocycles. The molecule has 46 heavy (non-hydrogen) atoms. The molecule has 2 atom stereocenters. The second-order valence-electron chi connectivity index (χ2n) is 14.2. The fraction of sp³-hybridized carbons (Fsp3) is 0.455. The predicted molar refractivity (Wildman–Crippen MR) is 200 cm³/mol. The Labute approximate surface area is 280 Å². The van der Waals surface area contributed by atoms with Gasteiger partial charge in [-0.15, -0.1) is 0 Å². The quantitative estimate of drug-likeness (QED) is 0.116. The molecule has 0 radical (unpaired) electrons. The lowest BCUT2D eigenvalue weighted by molar-refractivity contribution is 0.221. The lowest BCUT2D eigenvalue weighted by Crippen LogP contribution is -2.38. The lowest BCUT2D eigenvalue weighted by atomic mass is 9.59.